The first-order valence-electron chi connectivity index (χ1n) is 11.6. The van der Waals surface area contributed by atoms with Gasteiger partial charge in [0.2, 0.25) is 0 Å². The van der Waals surface area contributed by atoms with E-state index in [0.29, 0.717) is 28.8 Å². The normalized spacial score (nSPS) is 12.3. The zero-order valence-corrected chi connectivity index (χ0v) is 19.9. The molecule has 5 aromatic rings. The van der Waals surface area contributed by atoms with Gasteiger partial charge in [0.25, 0.3) is 5.91 Å². The molecule has 9 heteroatoms. The topological polar surface area (TPSA) is 24.7 Å². The zero-order chi connectivity index (χ0) is 27.2. The lowest BCUT2D eigenvalue weighted by Gasteiger charge is -2.23. The van der Waals surface area contributed by atoms with E-state index in [2.05, 4.69) is 0 Å². The smallest absolute Gasteiger partial charge is 0.337 e. The van der Waals surface area contributed by atoms with Crippen LogP contribution in [0.15, 0.2) is 91.1 Å². The minimum Gasteiger partial charge on any atom is -0.337 e. The monoisotopic (exact) mass is 526 g/mol. The van der Waals surface area contributed by atoms with Gasteiger partial charge in [-0.2, -0.15) is 26.3 Å². The summed E-state index contributed by atoms with van der Waals surface area (Å²) in [4.78, 5) is 15.1. The summed E-state index contributed by atoms with van der Waals surface area (Å²) in [5, 5.41) is 0.776. The number of pyridine rings is 1. The summed E-state index contributed by atoms with van der Waals surface area (Å²) in [7, 11) is 1.36. The van der Waals surface area contributed by atoms with Crippen molar-refractivity contribution in [2.75, 3.05) is 7.05 Å². The Balaban J connectivity index is 1.66. The molecule has 0 atom stereocenters. The van der Waals surface area contributed by atoms with Crippen molar-refractivity contribution in [2.24, 2.45) is 0 Å². The average molecular weight is 526 g/mol. The van der Waals surface area contributed by atoms with Crippen molar-refractivity contribution in [1.82, 2.24) is 9.30 Å². The van der Waals surface area contributed by atoms with Crippen LogP contribution in [0.25, 0.3) is 27.5 Å². The molecule has 0 aliphatic carbocycles. The number of rotatable bonds is 4. The Morgan fingerprint density at radius 3 is 1.97 bits per heavy atom. The van der Waals surface area contributed by atoms with Gasteiger partial charge in [0.05, 0.1) is 27.7 Å². The molecule has 194 valence electrons. The van der Waals surface area contributed by atoms with E-state index in [1.54, 1.807) is 18.3 Å². The second-order valence-corrected chi connectivity index (χ2v) is 8.97. The van der Waals surface area contributed by atoms with Crippen molar-refractivity contribution in [3.05, 3.63) is 113 Å². The van der Waals surface area contributed by atoms with E-state index in [9.17, 15) is 31.1 Å². The number of fused-ring (bicyclic) bond motifs is 3. The zero-order valence-electron chi connectivity index (χ0n) is 19.9. The van der Waals surface area contributed by atoms with Crippen molar-refractivity contribution < 1.29 is 31.1 Å². The highest BCUT2D eigenvalue weighted by atomic mass is 19.4. The van der Waals surface area contributed by atoms with Gasteiger partial charge >= 0.3 is 12.4 Å². The van der Waals surface area contributed by atoms with Gasteiger partial charge in [-0.05, 0) is 47.5 Å². The van der Waals surface area contributed by atoms with Crippen molar-refractivity contribution >= 4 is 22.3 Å². The van der Waals surface area contributed by atoms with E-state index in [0.717, 1.165) is 21.4 Å². The van der Waals surface area contributed by atoms with Crippen LogP contribution >= 0.6 is 0 Å². The molecule has 2 aromatic heterocycles. The molecule has 0 unspecified atom stereocenters. The number of hydrogen-bond acceptors (Lipinski definition) is 1. The van der Waals surface area contributed by atoms with Gasteiger partial charge < -0.3 is 9.30 Å². The molecule has 3 aromatic carbocycles. The summed E-state index contributed by atoms with van der Waals surface area (Å²) in [6, 6.07) is 21.6. The predicted molar refractivity (Wildman–Crippen MR) is 133 cm³/mol. The number of benzene rings is 3. The summed E-state index contributed by atoms with van der Waals surface area (Å²) >= 11 is 0. The van der Waals surface area contributed by atoms with Crippen LogP contribution in [0.5, 0.6) is 0 Å². The number of hydrogen-bond donors (Lipinski definition) is 0. The summed E-state index contributed by atoms with van der Waals surface area (Å²) < 4.78 is 82.1. The van der Waals surface area contributed by atoms with E-state index < -0.39 is 35.9 Å². The standard InChI is InChI=1S/C29H20F6N2O/c1-36(17-18-14-20(28(30,31)32)16-21(15-18)29(33,34)35)27(38)26-24-12-7-13-37(24)23-11-6-5-10-22(23)25(26)19-8-3-2-4-9-19/h2-16H,17H2,1H3. The Bertz CT molecular complexity index is 1620. The van der Waals surface area contributed by atoms with Crippen LogP contribution in [-0.2, 0) is 18.9 Å². The summed E-state index contributed by atoms with van der Waals surface area (Å²) in [5.74, 6) is -0.538. The molecule has 0 fully saturated rings. The van der Waals surface area contributed by atoms with Crippen molar-refractivity contribution in [3.63, 3.8) is 0 Å². The van der Waals surface area contributed by atoms with Gasteiger partial charge in [0.15, 0.2) is 0 Å². The number of nitrogens with zero attached hydrogens (tertiary/aromatic N) is 2. The molecule has 5 rings (SSSR count). The molecule has 0 aliphatic heterocycles. The van der Waals surface area contributed by atoms with Crippen LogP contribution in [-0.4, -0.2) is 22.3 Å². The van der Waals surface area contributed by atoms with Gasteiger partial charge in [0.1, 0.15) is 0 Å². The molecule has 0 bridgehead atoms. The fourth-order valence-electron chi connectivity index (χ4n) is 4.72. The average Bonchev–Trinajstić information content (AvgIpc) is 3.37. The minimum absolute atomic E-state index is 0.0757. The van der Waals surface area contributed by atoms with E-state index in [4.69, 9.17) is 0 Å². The molecule has 2 heterocycles. The molecular weight excluding hydrogens is 506 g/mol. The Morgan fingerprint density at radius 2 is 1.34 bits per heavy atom. The number of para-hydroxylation sites is 1. The summed E-state index contributed by atoms with van der Waals surface area (Å²) in [6.45, 7) is -0.459. The maximum Gasteiger partial charge on any atom is 0.416 e. The van der Waals surface area contributed by atoms with Crippen LogP contribution in [0.2, 0.25) is 0 Å². The van der Waals surface area contributed by atoms with Gasteiger partial charge in [-0.25, -0.2) is 0 Å². The number of aromatic nitrogens is 1. The van der Waals surface area contributed by atoms with E-state index >= 15 is 0 Å². The quantitative estimate of drug-likeness (QED) is 0.217. The van der Waals surface area contributed by atoms with Crippen LogP contribution in [0.1, 0.15) is 27.0 Å². The molecule has 0 saturated carbocycles. The van der Waals surface area contributed by atoms with Gasteiger partial charge in [0, 0.05) is 30.7 Å². The Morgan fingerprint density at radius 1 is 0.763 bits per heavy atom. The molecule has 0 radical (unpaired) electrons. The fourth-order valence-corrected chi connectivity index (χ4v) is 4.72. The van der Waals surface area contributed by atoms with Crippen LogP contribution in [0, 0.1) is 0 Å². The molecule has 0 N–H and O–H groups in total. The van der Waals surface area contributed by atoms with Crippen molar-refractivity contribution in [2.45, 2.75) is 18.9 Å². The minimum atomic E-state index is -4.98. The maximum absolute atomic E-state index is 13.9. The first kappa shape index (κ1) is 25.4. The molecule has 3 nitrogen and oxygen atoms in total. The van der Waals surface area contributed by atoms with Gasteiger partial charge in [-0.3, -0.25) is 4.79 Å². The number of amides is 1. The lowest BCUT2D eigenvalue weighted by molar-refractivity contribution is -0.143. The third kappa shape index (κ3) is 4.60. The second-order valence-electron chi connectivity index (χ2n) is 8.97. The number of carbonyl (C=O) groups excluding carboxylic acids is 1. The molecule has 1 amide bonds. The highest BCUT2D eigenvalue weighted by molar-refractivity contribution is 6.14. The third-order valence-corrected chi connectivity index (χ3v) is 6.38. The molecule has 0 spiro atoms. The Labute approximate surface area is 213 Å². The molecule has 38 heavy (non-hydrogen) atoms. The SMILES string of the molecule is CN(Cc1cc(C(F)(F)F)cc(C(F)(F)F)c1)C(=O)c1c(-c2ccccc2)c2ccccc2n2cccc12. The maximum atomic E-state index is 13.9. The number of carbonyl (C=O) groups is 1. The van der Waals surface area contributed by atoms with Crippen molar-refractivity contribution in [3.8, 4) is 11.1 Å². The lowest BCUT2D eigenvalue weighted by atomic mass is 9.94. The van der Waals surface area contributed by atoms with Crippen LogP contribution in [0.3, 0.4) is 0 Å². The molecular formula is C29H20F6N2O. The van der Waals surface area contributed by atoms with Crippen LogP contribution in [0.4, 0.5) is 26.3 Å². The lowest BCUT2D eigenvalue weighted by Crippen LogP contribution is -2.28. The Kier molecular flexibility index (Phi) is 6.17. The Hall–Kier alpha value is -4.27. The molecule has 0 aliphatic rings. The first-order chi connectivity index (χ1) is 17.9. The second kappa shape index (κ2) is 9.24. The number of halogens is 6. The van der Waals surface area contributed by atoms with E-state index in [1.807, 2.05) is 59.0 Å². The summed E-state index contributed by atoms with van der Waals surface area (Å²) in [6.07, 6.45) is -8.16. The van der Waals surface area contributed by atoms with E-state index in [1.165, 1.54) is 7.05 Å². The van der Waals surface area contributed by atoms with Gasteiger partial charge in [-0.15, -0.1) is 0 Å². The number of alkyl halides is 6. The van der Waals surface area contributed by atoms with E-state index in [-0.39, 0.29) is 11.6 Å². The highest BCUT2D eigenvalue weighted by Gasteiger charge is 2.37. The van der Waals surface area contributed by atoms with Gasteiger partial charge in [-0.1, -0.05) is 48.5 Å². The summed E-state index contributed by atoms with van der Waals surface area (Å²) in [5.41, 5.74) is -0.0351. The molecule has 0 saturated heterocycles. The van der Waals surface area contributed by atoms with Crippen molar-refractivity contribution in [1.29, 1.82) is 0 Å². The largest absolute Gasteiger partial charge is 0.416 e. The van der Waals surface area contributed by atoms with Crippen LogP contribution < -0.4 is 0 Å². The predicted octanol–water partition coefficient (Wildman–Crippen LogP) is 8.07. The highest BCUT2D eigenvalue weighted by Crippen LogP contribution is 2.38. The first-order valence-corrected chi connectivity index (χ1v) is 11.6. The third-order valence-electron chi connectivity index (χ3n) is 6.38. The fraction of sp³-hybridized carbons (Fsp3) is 0.138.